The predicted octanol–water partition coefficient (Wildman–Crippen LogP) is 0.0640. The summed E-state index contributed by atoms with van der Waals surface area (Å²) in [4.78, 5) is 0. The summed E-state index contributed by atoms with van der Waals surface area (Å²) in [6.07, 6.45) is 4.03. The summed E-state index contributed by atoms with van der Waals surface area (Å²) in [5.74, 6) is 0. The number of aromatic nitrogens is 2. The van der Waals surface area contributed by atoms with E-state index in [-0.39, 0.29) is 6.54 Å². The first kappa shape index (κ1) is 16.1. The van der Waals surface area contributed by atoms with Gasteiger partial charge in [-0.1, -0.05) is 13.8 Å². The molecule has 1 rings (SSSR count). The van der Waals surface area contributed by atoms with Crippen molar-refractivity contribution in [1.82, 2.24) is 24.5 Å². The van der Waals surface area contributed by atoms with Gasteiger partial charge in [0.15, 0.2) is 0 Å². The average molecular weight is 289 g/mol. The molecule has 8 heteroatoms. The monoisotopic (exact) mass is 289 g/mol. The van der Waals surface area contributed by atoms with Crippen LogP contribution < -0.4 is 10.0 Å². The van der Waals surface area contributed by atoms with E-state index in [2.05, 4.69) is 34.1 Å². The number of nitrogens with one attached hydrogen (secondary N) is 3. The van der Waals surface area contributed by atoms with Gasteiger partial charge in [0.2, 0.25) is 0 Å². The van der Waals surface area contributed by atoms with E-state index in [1.54, 1.807) is 19.4 Å². The maximum Gasteiger partial charge on any atom is 0.279 e. The first-order valence-electron chi connectivity index (χ1n) is 6.34. The van der Waals surface area contributed by atoms with Gasteiger partial charge in [-0.2, -0.15) is 22.5 Å². The van der Waals surface area contributed by atoms with Crippen molar-refractivity contribution in [2.24, 2.45) is 0 Å². The Hall–Kier alpha value is -0.960. The zero-order valence-corrected chi connectivity index (χ0v) is 12.5. The van der Waals surface area contributed by atoms with Gasteiger partial charge >= 0.3 is 0 Å². The number of nitrogens with zero attached hydrogens (tertiary/aromatic N) is 2. The third-order valence-electron chi connectivity index (χ3n) is 2.63. The third-order valence-corrected chi connectivity index (χ3v) is 4.14. The van der Waals surface area contributed by atoms with Gasteiger partial charge in [0.25, 0.3) is 10.2 Å². The van der Waals surface area contributed by atoms with Crippen molar-refractivity contribution in [2.75, 3.05) is 20.1 Å². The van der Waals surface area contributed by atoms with Crippen LogP contribution in [-0.2, 0) is 16.8 Å². The van der Waals surface area contributed by atoms with Crippen LogP contribution in [0.3, 0.4) is 0 Å². The summed E-state index contributed by atoms with van der Waals surface area (Å²) in [6, 6.07) is 0.418. The molecule has 0 bridgehead atoms. The van der Waals surface area contributed by atoms with E-state index < -0.39 is 10.2 Å². The van der Waals surface area contributed by atoms with Crippen LogP contribution in [0.15, 0.2) is 12.4 Å². The summed E-state index contributed by atoms with van der Waals surface area (Å²) in [5.41, 5.74) is 0.804. The Morgan fingerprint density at radius 1 is 1.47 bits per heavy atom. The Bertz CT molecular complexity index is 444. The quantitative estimate of drug-likeness (QED) is 0.561. The molecule has 0 saturated heterocycles. The molecule has 0 unspecified atom stereocenters. The maximum absolute atomic E-state index is 11.9. The lowest BCUT2D eigenvalue weighted by molar-refractivity contribution is 0.439. The van der Waals surface area contributed by atoms with Crippen molar-refractivity contribution >= 4 is 10.2 Å². The number of aromatic amines is 1. The third kappa shape index (κ3) is 6.15. The molecule has 0 amide bonds. The van der Waals surface area contributed by atoms with Gasteiger partial charge in [0.05, 0.1) is 6.20 Å². The second kappa shape index (κ2) is 7.59. The van der Waals surface area contributed by atoms with Crippen LogP contribution in [0.1, 0.15) is 25.8 Å². The first-order valence-corrected chi connectivity index (χ1v) is 7.78. The summed E-state index contributed by atoms with van der Waals surface area (Å²) < 4.78 is 27.7. The number of rotatable bonds is 9. The predicted molar refractivity (Wildman–Crippen MR) is 74.7 cm³/mol. The van der Waals surface area contributed by atoms with Crippen molar-refractivity contribution in [2.45, 2.75) is 32.9 Å². The summed E-state index contributed by atoms with van der Waals surface area (Å²) in [7, 11) is -1.85. The van der Waals surface area contributed by atoms with Crippen LogP contribution in [0.4, 0.5) is 0 Å². The topological polar surface area (TPSA) is 90.1 Å². The summed E-state index contributed by atoms with van der Waals surface area (Å²) in [6.45, 7) is 5.66. The van der Waals surface area contributed by atoms with Crippen LogP contribution >= 0.6 is 0 Å². The molecule has 0 fully saturated rings. The zero-order chi connectivity index (χ0) is 14.3. The fourth-order valence-corrected chi connectivity index (χ4v) is 2.41. The smallest absolute Gasteiger partial charge is 0.279 e. The number of hydrogen-bond donors (Lipinski definition) is 3. The van der Waals surface area contributed by atoms with E-state index in [0.717, 1.165) is 18.5 Å². The molecule has 1 aromatic rings. The first-order chi connectivity index (χ1) is 8.92. The van der Waals surface area contributed by atoms with Crippen LogP contribution in [-0.4, -0.2) is 49.1 Å². The molecule has 0 aliphatic rings. The van der Waals surface area contributed by atoms with E-state index in [4.69, 9.17) is 0 Å². The molecule has 0 aliphatic heterocycles. The Morgan fingerprint density at radius 2 is 2.21 bits per heavy atom. The minimum atomic E-state index is -3.42. The molecule has 19 heavy (non-hydrogen) atoms. The van der Waals surface area contributed by atoms with Crippen molar-refractivity contribution in [3.8, 4) is 0 Å². The highest BCUT2D eigenvalue weighted by atomic mass is 32.2. The second-order valence-electron chi connectivity index (χ2n) is 4.72. The highest BCUT2D eigenvalue weighted by molar-refractivity contribution is 7.87. The highest BCUT2D eigenvalue weighted by Crippen LogP contribution is 1.99. The van der Waals surface area contributed by atoms with Gasteiger partial charge in [-0.15, -0.1) is 0 Å². The summed E-state index contributed by atoms with van der Waals surface area (Å²) >= 11 is 0. The zero-order valence-electron chi connectivity index (χ0n) is 11.7. The largest absolute Gasteiger partial charge is 0.314 e. The molecule has 0 saturated carbocycles. The summed E-state index contributed by atoms with van der Waals surface area (Å²) in [5, 5.41) is 9.66. The Labute approximate surface area is 115 Å². The fraction of sp³-hybridized carbons (Fsp3) is 0.727. The van der Waals surface area contributed by atoms with Gasteiger partial charge < -0.3 is 5.32 Å². The molecule has 0 aliphatic carbocycles. The molecule has 1 aromatic heterocycles. The minimum Gasteiger partial charge on any atom is -0.314 e. The van der Waals surface area contributed by atoms with Crippen LogP contribution in [0.2, 0.25) is 0 Å². The van der Waals surface area contributed by atoms with E-state index in [1.165, 1.54) is 4.31 Å². The van der Waals surface area contributed by atoms with Gasteiger partial charge in [-0.25, -0.2) is 0 Å². The van der Waals surface area contributed by atoms with Gasteiger partial charge in [0, 0.05) is 37.9 Å². The standard InChI is InChI=1S/C11H23N5O2S/c1-10(2)12-5-4-6-16(3)19(17,18)15-9-11-7-13-14-8-11/h7-8,10,12,15H,4-6,9H2,1-3H3,(H,13,14). The van der Waals surface area contributed by atoms with Gasteiger partial charge in [0.1, 0.15) is 0 Å². The maximum atomic E-state index is 11.9. The molecule has 0 aromatic carbocycles. The molecule has 110 valence electrons. The normalized spacial score (nSPS) is 12.5. The lowest BCUT2D eigenvalue weighted by atomic mass is 10.3. The molecule has 3 N–H and O–H groups in total. The van der Waals surface area contributed by atoms with Gasteiger partial charge in [-0.05, 0) is 13.0 Å². The molecule has 1 heterocycles. The fourth-order valence-electron chi connectivity index (χ4n) is 1.47. The van der Waals surface area contributed by atoms with Crippen molar-refractivity contribution < 1.29 is 8.42 Å². The van der Waals surface area contributed by atoms with Gasteiger partial charge in [-0.3, -0.25) is 5.10 Å². The van der Waals surface area contributed by atoms with Crippen LogP contribution in [0, 0.1) is 0 Å². The minimum absolute atomic E-state index is 0.243. The SMILES string of the molecule is CC(C)NCCCN(C)S(=O)(=O)NCc1cn[nH]c1. The molecule has 0 spiro atoms. The van der Waals surface area contributed by atoms with E-state index in [0.29, 0.717) is 12.6 Å². The van der Waals surface area contributed by atoms with Crippen molar-refractivity contribution in [3.05, 3.63) is 18.0 Å². The molecule has 7 nitrogen and oxygen atoms in total. The highest BCUT2D eigenvalue weighted by Gasteiger charge is 2.16. The Kier molecular flexibility index (Phi) is 6.43. The van der Waals surface area contributed by atoms with Crippen LogP contribution in [0.25, 0.3) is 0 Å². The second-order valence-corrected chi connectivity index (χ2v) is 6.58. The average Bonchev–Trinajstić information content (AvgIpc) is 2.84. The Morgan fingerprint density at radius 3 is 2.79 bits per heavy atom. The van der Waals surface area contributed by atoms with Crippen molar-refractivity contribution in [1.29, 1.82) is 0 Å². The van der Waals surface area contributed by atoms with E-state index in [1.807, 2.05) is 0 Å². The van der Waals surface area contributed by atoms with Crippen LogP contribution in [0.5, 0.6) is 0 Å². The number of H-pyrrole nitrogens is 1. The molecular weight excluding hydrogens is 266 g/mol. The van der Waals surface area contributed by atoms with E-state index in [9.17, 15) is 8.42 Å². The van der Waals surface area contributed by atoms with Crippen molar-refractivity contribution in [3.63, 3.8) is 0 Å². The number of hydrogen-bond acceptors (Lipinski definition) is 4. The molecule has 0 atom stereocenters. The molecule has 0 radical (unpaired) electrons. The molecular formula is C11H23N5O2S. The lowest BCUT2D eigenvalue weighted by Gasteiger charge is -2.18. The lowest BCUT2D eigenvalue weighted by Crippen LogP contribution is -2.39. The van der Waals surface area contributed by atoms with E-state index >= 15 is 0 Å². The Balaban J connectivity index is 2.30.